The maximum Gasteiger partial charge on any atom is 0.166 e. The van der Waals surface area contributed by atoms with Crippen molar-refractivity contribution in [1.82, 2.24) is 4.90 Å². The number of hydrogen-bond donors (Lipinski definition) is 0. The van der Waals surface area contributed by atoms with Gasteiger partial charge in [-0.2, -0.15) is 0 Å². The standard InChI is InChI=1S/C18H27NO2/c1-3-17(21)16(15(2)20)9-6-4-5-7-12-19-13-18(14-19)10-8-11-18/h4,6,9H,3,5,7-8,10-14H2,1-2H3/b6-4-,16-9+. The van der Waals surface area contributed by atoms with E-state index >= 15 is 0 Å². The Hall–Kier alpha value is -1.22. The molecule has 1 aliphatic carbocycles. The lowest BCUT2D eigenvalue weighted by Gasteiger charge is -2.56. The average molecular weight is 289 g/mol. The highest BCUT2D eigenvalue weighted by molar-refractivity contribution is 6.19. The maximum absolute atomic E-state index is 11.6. The van der Waals surface area contributed by atoms with Crippen LogP contribution < -0.4 is 0 Å². The number of nitrogens with zero attached hydrogens (tertiary/aromatic N) is 1. The summed E-state index contributed by atoms with van der Waals surface area (Å²) in [4.78, 5) is 25.5. The van der Waals surface area contributed by atoms with Crippen molar-refractivity contribution in [2.45, 2.75) is 52.4 Å². The first kappa shape index (κ1) is 16.2. The van der Waals surface area contributed by atoms with Crippen LogP contribution in [0.1, 0.15) is 52.4 Å². The van der Waals surface area contributed by atoms with Crippen molar-refractivity contribution in [2.75, 3.05) is 19.6 Å². The summed E-state index contributed by atoms with van der Waals surface area (Å²) in [6.45, 7) is 7.01. The number of hydrogen-bond acceptors (Lipinski definition) is 3. The van der Waals surface area contributed by atoms with Crippen molar-refractivity contribution in [3.63, 3.8) is 0 Å². The Morgan fingerprint density at radius 3 is 2.48 bits per heavy atom. The maximum atomic E-state index is 11.6. The first-order valence-corrected chi connectivity index (χ1v) is 8.20. The molecule has 2 rings (SSSR count). The Kier molecular flexibility index (Phi) is 5.51. The van der Waals surface area contributed by atoms with E-state index in [1.54, 1.807) is 13.0 Å². The van der Waals surface area contributed by atoms with Gasteiger partial charge in [0.05, 0.1) is 5.57 Å². The third-order valence-electron chi connectivity index (χ3n) is 4.78. The largest absolute Gasteiger partial charge is 0.302 e. The minimum atomic E-state index is -0.141. The molecular formula is C18H27NO2. The van der Waals surface area contributed by atoms with E-state index in [1.807, 2.05) is 6.08 Å². The fourth-order valence-corrected chi connectivity index (χ4v) is 3.34. The van der Waals surface area contributed by atoms with Crippen LogP contribution in [0, 0.1) is 5.41 Å². The second-order valence-electron chi connectivity index (χ2n) is 6.55. The van der Waals surface area contributed by atoms with Crippen LogP contribution in [0.5, 0.6) is 0 Å². The Morgan fingerprint density at radius 2 is 1.95 bits per heavy atom. The van der Waals surface area contributed by atoms with Crippen molar-refractivity contribution in [2.24, 2.45) is 5.41 Å². The SMILES string of the molecule is CCC(=O)/C(=C/C=C\CCCN1CC2(CCC2)C1)C(C)=O. The number of unbranched alkanes of at least 4 members (excludes halogenated alkanes) is 1. The summed E-state index contributed by atoms with van der Waals surface area (Å²) >= 11 is 0. The molecule has 3 nitrogen and oxygen atoms in total. The summed E-state index contributed by atoms with van der Waals surface area (Å²) < 4.78 is 0. The molecule has 1 aliphatic heterocycles. The topological polar surface area (TPSA) is 37.4 Å². The number of carbonyl (C=O) groups excluding carboxylic acids is 2. The van der Waals surface area contributed by atoms with Crippen LogP contribution in [-0.4, -0.2) is 36.1 Å². The molecule has 1 spiro atoms. The minimum absolute atomic E-state index is 0.0708. The number of allylic oxidation sites excluding steroid dienone is 4. The molecule has 1 heterocycles. The summed E-state index contributed by atoms with van der Waals surface area (Å²) in [7, 11) is 0. The molecule has 1 saturated heterocycles. The predicted molar refractivity (Wildman–Crippen MR) is 85.2 cm³/mol. The molecule has 0 atom stereocenters. The van der Waals surface area contributed by atoms with Gasteiger partial charge in [0.1, 0.15) is 0 Å². The zero-order valence-electron chi connectivity index (χ0n) is 13.4. The van der Waals surface area contributed by atoms with Gasteiger partial charge in [-0.05, 0) is 50.6 Å². The van der Waals surface area contributed by atoms with Gasteiger partial charge in [0.2, 0.25) is 0 Å². The third-order valence-corrected chi connectivity index (χ3v) is 4.78. The summed E-state index contributed by atoms with van der Waals surface area (Å²) in [6.07, 6.45) is 12.4. The van der Waals surface area contributed by atoms with Crippen LogP contribution in [0.2, 0.25) is 0 Å². The van der Waals surface area contributed by atoms with E-state index < -0.39 is 0 Å². The Morgan fingerprint density at radius 1 is 1.24 bits per heavy atom. The monoisotopic (exact) mass is 289 g/mol. The van der Waals surface area contributed by atoms with Crippen LogP contribution in [0.25, 0.3) is 0 Å². The lowest BCUT2D eigenvalue weighted by atomic mass is 9.63. The molecule has 116 valence electrons. The molecule has 2 fully saturated rings. The van der Waals surface area contributed by atoms with Gasteiger partial charge in [0, 0.05) is 19.5 Å². The summed E-state index contributed by atoms with van der Waals surface area (Å²) in [5.74, 6) is -0.212. The molecule has 0 aromatic heterocycles. The highest BCUT2D eigenvalue weighted by atomic mass is 16.1. The molecule has 0 aromatic rings. The number of ketones is 2. The summed E-state index contributed by atoms with van der Waals surface area (Å²) in [6, 6.07) is 0. The van der Waals surface area contributed by atoms with Gasteiger partial charge < -0.3 is 4.90 Å². The lowest BCUT2D eigenvalue weighted by molar-refractivity contribution is -0.120. The zero-order valence-corrected chi connectivity index (χ0v) is 13.4. The van der Waals surface area contributed by atoms with E-state index in [0.717, 1.165) is 18.3 Å². The normalized spacial score (nSPS) is 21.3. The van der Waals surface area contributed by atoms with Crippen molar-refractivity contribution in [3.8, 4) is 0 Å². The van der Waals surface area contributed by atoms with Crippen molar-refractivity contribution in [3.05, 3.63) is 23.8 Å². The van der Waals surface area contributed by atoms with Crippen LogP contribution in [-0.2, 0) is 9.59 Å². The van der Waals surface area contributed by atoms with Gasteiger partial charge in [-0.15, -0.1) is 0 Å². The second kappa shape index (κ2) is 7.17. The van der Waals surface area contributed by atoms with Crippen LogP contribution in [0.4, 0.5) is 0 Å². The Labute approximate surface area is 128 Å². The Balaban J connectivity index is 1.63. The predicted octanol–water partition coefficient (Wildman–Crippen LogP) is 3.30. The minimum Gasteiger partial charge on any atom is -0.302 e. The van der Waals surface area contributed by atoms with Gasteiger partial charge in [0.15, 0.2) is 11.6 Å². The number of likely N-dealkylation sites (tertiary alicyclic amines) is 1. The molecule has 21 heavy (non-hydrogen) atoms. The van der Waals surface area contributed by atoms with E-state index in [-0.39, 0.29) is 11.6 Å². The molecule has 1 saturated carbocycles. The molecule has 0 radical (unpaired) electrons. The average Bonchev–Trinajstić information content (AvgIpc) is 2.36. The smallest absolute Gasteiger partial charge is 0.166 e. The molecule has 0 amide bonds. The fraction of sp³-hybridized carbons (Fsp3) is 0.667. The summed E-state index contributed by atoms with van der Waals surface area (Å²) in [5.41, 5.74) is 1.04. The van der Waals surface area contributed by atoms with Gasteiger partial charge >= 0.3 is 0 Å². The van der Waals surface area contributed by atoms with Crippen LogP contribution in [0.3, 0.4) is 0 Å². The molecule has 0 unspecified atom stereocenters. The molecular weight excluding hydrogens is 262 g/mol. The first-order chi connectivity index (χ1) is 10.1. The number of Topliss-reactive ketones (excluding diaryl/α,β-unsaturated/α-hetero) is 2. The van der Waals surface area contributed by atoms with E-state index in [0.29, 0.717) is 12.0 Å². The summed E-state index contributed by atoms with van der Waals surface area (Å²) in [5, 5.41) is 0. The van der Waals surface area contributed by atoms with Crippen LogP contribution in [0.15, 0.2) is 23.8 Å². The highest BCUT2D eigenvalue weighted by Gasteiger charge is 2.46. The fourth-order valence-electron chi connectivity index (χ4n) is 3.34. The van der Waals surface area contributed by atoms with Crippen molar-refractivity contribution < 1.29 is 9.59 Å². The number of carbonyl (C=O) groups is 2. The molecule has 0 aromatic carbocycles. The van der Waals surface area contributed by atoms with Crippen molar-refractivity contribution >= 4 is 11.6 Å². The number of rotatable bonds is 8. The van der Waals surface area contributed by atoms with E-state index in [4.69, 9.17) is 0 Å². The second-order valence-corrected chi connectivity index (χ2v) is 6.55. The van der Waals surface area contributed by atoms with E-state index in [9.17, 15) is 9.59 Å². The molecule has 3 heteroatoms. The van der Waals surface area contributed by atoms with Crippen LogP contribution >= 0.6 is 0 Å². The van der Waals surface area contributed by atoms with Gasteiger partial charge in [-0.3, -0.25) is 9.59 Å². The van der Waals surface area contributed by atoms with Crippen molar-refractivity contribution in [1.29, 1.82) is 0 Å². The van der Waals surface area contributed by atoms with E-state index in [2.05, 4.69) is 11.0 Å². The van der Waals surface area contributed by atoms with Gasteiger partial charge in [-0.25, -0.2) is 0 Å². The first-order valence-electron chi connectivity index (χ1n) is 8.20. The highest BCUT2D eigenvalue weighted by Crippen LogP contribution is 2.47. The molecule has 0 N–H and O–H groups in total. The zero-order chi connectivity index (χ0) is 15.3. The quantitative estimate of drug-likeness (QED) is 0.226. The van der Waals surface area contributed by atoms with Gasteiger partial charge in [-0.1, -0.05) is 25.5 Å². The molecule has 0 bridgehead atoms. The molecule has 2 aliphatic rings. The Bertz CT molecular complexity index is 450. The lowest BCUT2D eigenvalue weighted by Crippen LogP contribution is -2.59. The van der Waals surface area contributed by atoms with E-state index in [1.165, 1.54) is 45.8 Å². The third kappa shape index (κ3) is 4.13. The van der Waals surface area contributed by atoms with Gasteiger partial charge in [0.25, 0.3) is 0 Å².